The molecule has 0 spiro atoms. The van der Waals surface area contributed by atoms with E-state index in [1.165, 1.54) is 12.1 Å². The van der Waals surface area contributed by atoms with Crippen molar-refractivity contribution in [2.24, 2.45) is 0 Å². The molecule has 6 heteroatoms. The van der Waals surface area contributed by atoms with E-state index in [1.807, 2.05) is 0 Å². The zero-order valence-electron chi connectivity index (χ0n) is 11.4. The summed E-state index contributed by atoms with van der Waals surface area (Å²) in [6, 6.07) is 5.96. The van der Waals surface area contributed by atoms with Gasteiger partial charge in [0.05, 0.1) is 18.8 Å². The fourth-order valence-electron chi connectivity index (χ4n) is 2.24. The lowest BCUT2D eigenvalue weighted by Crippen LogP contribution is -2.50. The van der Waals surface area contributed by atoms with E-state index in [2.05, 4.69) is 15.1 Å². The van der Waals surface area contributed by atoms with Crippen LogP contribution in [0.1, 0.15) is 10.4 Å². The van der Waals surface area contributed by atoms with Gasteiger partial charge < -0.3 is 10.4 Å². The van der Waals surface area contributed by atoms with Gasteiger partial charge in [0, 0.05) is 32.7 Å². The van der Waals surface area contributed by atoms with Gasteiger partial charge >= 0.3 is 0 Å². The van der Waals surface area contributed by atoms with Crippen LogP contribution in [0.2, 0.25) is 0 Å². The highest BCUT2D eigenvalue weighted by atomic mass is 19.1. The SMILES string of the molecule is O=C(NCN1CCN(CCO)CC1)c1ccccc1F. The Morgan fingerprint density at radius 3 is 2.50 bits per heavy atom. The van der Waals surface area contributed by atoms with Crippen molar-refractivity contribution < 1.29 is 14.3 Å². The highest BCUT2D eigenvalue weighted by molar-refractivity contribution is 5.94. The summed E-state index contributed by atoms with van der Waals surface area (Å²) in [4.78, 5) is 16.1. The van der Waals surface area contributed by atoms with Crippen LogP contribution >= 0.6 is 0 Å². The average Bonchev–Trinajstić information content (AvgIpc) is 2.47. The van der Waals surface area contributed by atoms with Crippen molar-refractivity contribution in [2.45, 2.75) is 0 Å². The van der Waals surface area contributed by atoms with Crippen molar-refractivity contribution in [1.82, 2.24) is 15.1 Å². The number of rotatable bonds is 5. The third-order valence-corrected chi connectivity index (χ3v) is 3.46. The smallest absolute Gasteiger partial charge is 0.255 e. The molecule has 2 rings (SSSR count). The number of β-amino-alcohol motifs (C(OH)–C–C–N with tert-alkyl or cyclic N) is 1. The van der Waals surface area contributed by atoms with Crippen molar-refractivity contribution in [3.05, 3.63) is 35.6 Å². The summed E-state index contributed by atoms with van der Waals surface area (Å²) in [7, 11) is 0. The van der Waals surface area contributed by atoms with Crippen molar-refractivity contribution >= 4 is 5.91 Å². The summed E-state index contributed by atoms with van der Waals surface area (Å²) in [5, 5.41) is 11.6. The summed E-state index contributed by atoms with van der Waals surface area (Å²) >= 11 is 0. The quantitative estimate of drug-likeness (QED) is 0.805. The first-order valence-electron chi connectivity index (χ1n) is 6.79. The lowest BCUT2D eigenvalue weighted by molar-refractivity contribution is 0.0844. The summed E-state index contributed by atoms with van der Waals surface area (Å²) in [6.07, 6.45) is 0. The number of carbonyl (C=O) groups is 1. The largest absolute Gasteiger partial charge is 0.395 e. The zero-order valence-corrected chi connectivity index (χ0v) is 11.4. The molecule has 0 aliphatic carbocycles. The molecular formula is C14H20FN3O2. The number of halogens is 1. The van der Waals surface area contributed by atoms with Crippen molar-refractivity contribution in [1.29, 1.82) is 0 Å². The van der Waals surface area contributed by atoms with Crippen LogP contribution in [-0.2, 0) is 0 Å². The van der Waals surface area contributed by atoms with E-state index in [0.29, 0.717) is 13.2 Å². The Kier molecular flexibility index (Phi) is 5.46. The second-order valence-electron chi connectivity index (χ2n) is 4.83. The fourth-order valence-corrected chi connectivity index (χ4v) is 2.24. The van der Waals surface area contributed by atoms with E-state index in [0.717, 1.165) is 26.2 Å². The number of hydrogen-bond donors (Lipinski definition) is 2. The minimum absolute atomic E-state index is 0.0754. The minimum Gasteiger partial charge on any atom is -0.395 e. The van der Waals surface area contributed by atoms with E-state index in [9.17, 15) is 9.18 Å². The molecule has 1 aromatic rings. The number of aliphatic hydroxyl groups is 1. The van der Waals surface area contributed by atoms with Gasteiger partial charge in [0.15, 0.2) is 0 Å². The summed E-state index contributed by atoms with van der Waals surface area (Å²) in [5.41, 5.74) is 0.0754. The Morgan fingerprint density at radius 2 is 1.85 bits per heavy atom. The van der Waals surface area contributed by atoms with E-state index in [1.54, 1.807) is 12.1 Å². The maximum Gasteiger partial charge on any atom is 0.255 e. The first-order valence-corrected chi connectivity index (χ1v) is 6.79. The number of amides is 1. The molecule has 0 unspecified atom stereocenters. The van der Waals surface area contributed by atoms with Crippen LogP contribution in [0.4, 0.5) is 4.39 Å². The summed E-state index contributed by atoms with van der Waals surface area (Å²) < 4.78 is 13.4. The fraction of sp³-hybridized carbons (Fsp3) is 0.500. The van der Waals surface area contributed by atoms with E-state index in [4.69, 9.17) is 5.11 Å². The average molecular weight is 281 g/mol. The van der Waals surface area contributed by atoms with Crippen LogP contribution in [0.5, 0.6) is 0 Å². The van der Waals surface area contributed by atoms with Gasteiger partial charge in [-0.2, -0.15) is 0 Å². The Bertz CT molecular complexity index is 448. The van der Waals surface area contributed by atoms with Gasteiger partial charge in [0.2, 0.25) is 0 Å². The molecule has 1 heterocycles. The Labute approximate surface area is 118 Å². The molecule has 0 radical (unpaired) electrons. The Morgan fingerprint density at radius 1 is 1.20 bits per heavy atom. The monoisotopic (exact) mass is 281 g/mol. The van der Waals surface area contributed by atoms with Gasteiger partial charge in [-0.25, -0.2) is 4.39 Å². The van der Waals surface area contributed by atoms with Crippen LogP contribution in [0, 0.1) is 5.82 Å². The summed E-state index contributed by atoms with van der Waals surface area (Å²) in [5.74, 6) is -0.890. The van der Waals surface area contributed by atoms with Crippen LogP contribution in [0.3, 0.4) is 0 Å². The number of aliphatic hydroxyl groups excluding tert-OH is 1. The van der Waals surface area contributed by atoms with Crippen molar-refractivity contribution in [3.8, 4) is 0 Å². The minimum atomic E-state index is -0.502. The molecule has 20 heavy (non-hydrogen) atoms. The van der Waals surface area contributed by atoms with Crippen LogP contribution in [0.15, 0.2) is 24.3 Å². The molecule has 110 valence electrons. The van der Waals surface area contributed by atoms with Gasteiger partial charge in [-0.3, -0.25) is 14.6 Å². The maximum atomic E-state index is 13.4. The van der Waals surface area contributed by atoms with E-state index < -0.39 is 5.82 Å². The van der Waals surface area contributed by atoms with Gasteiger partial charge in [0.25, 0.3) is 5.91 Å². The molecule has 1 aliphatic heterocycles. The molecule has 0 bridgehead atoms. The normalized spacial score (nSPS) is 17.1. The predicted molar refractivity (Wildman–Crippen MR) is 73.8 cm³/mol. The number of hydrogen-bond acceptors (Lipinski definition) is 4. The third kappa shape index (κ3) is 4.00. The van der Waals surface area contributed by atoms with Crippen LogP contribution in [-0.4, -0.2) is 66.8 Å². The molecule has 0 aromatic heterocycles. The third-order valence-electron chi connectivity index (χ3n) is 3.46. The molecule has 1 aromatic carbocycles. The summed E-state index contributed by atoms with van der Waals surface area (Å²) in [6.45, 7) is 4.68. The number of nitrogens with one attached hydrogen (secondary N) is 1. The van der Waals surface area contributed by atoms with Gasteiger partial charge in [-0.05, 0) is 12.1 Å². The maximum absolute atomic E-state index is 13.4. The zero-order chi connectivity index (χ0) is 14.4. The lowest BCUT2D eigenvalue weighted by Gasteiger charge is -2.34. The number of piperazine rings is 1. The molecular weight excluding hydrogens is 261 g/mol. The first-order chi connectivity index (χ1) is 9.70. The second-order valence-corrected chi connectivity index (χ2v) is 4.83. The Hall–Kier alpha value is -1.50. The van der Waals surface area contributed by atoms with Gasteiger partial charge in [0.1, 0.15) is 5.82 Å². The molecule has 1 fully saturated rings. The molecule has 1 amide bonds. The second kappa shape index (κ2) is 7.33. The first kappa shape index (κ1) is 14.9. The number of carbonyl (C=O) groups excluding carboxylic acids is 1. The molecule has 1 saturated heterocycles. The number of nitrogens with zero attached hydrogens (tertiary/aromatic N) is 2. The molecule has 1 aliphatic rings. The highest BCUT2D eigenvalue weighted by Crippen LogP contribution is 2.06. The van der Waals surface area contributed by atoms with Gasteiger partial charge in [-0.1, -0.05) is 12.1 Å². The van der Waals surface area contributed by atoms with Crippen LogP contribution < -0.4 is 5.32 Å². The standard InChI is InChI=1S/C14H20FN3O2/c15-13-4-2-1-3-12(13)14(20)16-11-18-7-5-17(6-8-18)9-10-19/h1-4,19H,5-11H2,(H,16,20). The Balaban J connectivity index is 1.76. The van der Waals surface area contributed by atoms with Crippen molar-refractivity contribution in [3.63, 3.8) is 0 Å². The lowest BCUT2D eigenvalue weighted by atomic mass is 10.2. The van der Waals surface area contributed by atoms with Gasteiger partial charge in [-0.15, -0.1) is 0 Å². The molecule has 0 saturated carbocycles. The highest BCUT2D eigenvalue weighted by Gasteiger charge is 2.17. The van der Waals surface area contributed by atoms with Crippen LogP contribution in [0.25, 0.3) is 0 Å². The topological polar surface area (TPSA) is 55.8 Å². The predicted octanol–water partition coefficient (Wildman–Crippen LogP) is 0.123. The van der Waals surface area contributed by atoms with Crippen molar-refractivity contribution in [2.75, 3.05) is 46.0 Å². The number of benzene rings is 1. The van der Waals surface area contributed by atoms with E-state index >= 15 is 0 Å². The molecule has 0 atom stereocenters. The van der Waals surface area contributed by atoms with E-state index in [-0.39, 0.29) is 18.1 Å². The molecule has 5 nitrogen and oxygen atoms in total. The molecule has 2 N–H and O–H groups in total.